The van der Waals surface area contributed by atoms with Crippen molar-refractivity contribution < 1.29 is 9.53 Å². The van der Waals surface area contributed by atoms with Crippen LogP contribution in [0.1, 0.15) is 15.9 Å². The molecular formula is C15H15ClN2O2. The Kier molecular flexibility index (Phi) is 4.15. The summed E-state index contributed by atoms with van der Waals surface area (Å²) in [6, 6.07) is 10.3. The van der Waals surface area contributed by atoms with Crippen molar-refractivity contribution in [1.29, 1.82) is 0 Å². The third kappa shape index (κ3) is 2.86. The Hall–Kier alpha value is -2.20. The standard InChI is InChI=1S/C15H15ClN2O2/c1-9-4-3-5-11(16)14(9)18-15(19)10-6-7-13(20-2)12(17)8-10/h3-8H,17H2,1-2H3,(H,18,19). The molecule has 0 unspecified atom stereocenters. The van der Waals surface area contributed by atoms with Gasteiger partial charge in [-0.1, -0.05) is 23.7 Å². The SMILES string of the molecule is COc1ccc(C(=O)Nc2c(C)cccc2Cl)cc1N. The Morgan fingerprint density at radius 3 is 2.65 bits per heavy atom. The molecule has 0 saturated heterocycles. The molecule has 104 valence electrons. The van der Waals surface area contributed by atoms with Crippen LogP contribution < -0.4 is 15.8 Å². The molecule has 20 heavy (non-hydrogen) atoms. The van der Waals surface area contributed by atoms with Gasteiger partial charge in [-0.05, 0) is 36.8 Å². The van der Waals surface area contributed by atoms with Crippen molar-refractivity contribution in [2.75, 3.05) is 18.2 Å². The van der Waals surface area contributed by atoms with Crippen molar-refractivity contribution in [3.63, 3.8) is 0 Å². The number of carbonyl (C=O) groups excluding carboxylic acids is 1. The molecule has 0 fully saturated rings. The average molecular weight is 291 g/mol. The lowest BCUT2D eigenvalue weighted by atomic mass is 10.1. The van der Waals surface area contributed by atoms with E-state index in [0.717, 1.165) is 5.56 Å². The summed E-state index contributed by atoms with van der Waals surface area (Å²) in [5.74, 6) is 0.269. The van der Waals surface area contributed by atoms with E-state index in [2.05, 4.69) is 5.32 Å². The third-order valence-corrected chi connectivity index (χ3v) is 3.27. The summed E-state index contributed by atoms with van der Waals surface area (Å²) in [4.78, 5) is 12.2. The number of halogens is 1. The van der Waals surface area contributed by atoms with Crippen LogP contribution in [-0.4, -0.2) is 13.0 Å². The molecule has 0 saturated carbocycles. The normalized spacial score (nSPS) is 10.2. The number of benzene rings is 2. The fourth-order valence-corrected chi connectivity index (χ4v) is 2.12. The van der Waals surface area contributed by atoms with Gasteiger partial charge in [0.15, 0.2) is 0 Å². The predicted octanol–water partition coefficient (Wildman–Crippen LogP) is 3.49. The van der Waals surface area contributed by atoms with Crippen LogP contribution >= 0.6 is 11.6 Å². The van der Waals surface area contributed by atoms with Gasteiger partial charge in [0.1, 0.15) is 5.75 Å². The van der Waals surface area contributed by atoms with Gasteiger partial charge in [0.2, 0.25) is 0 Å². The Morgan fingerprint density at radius 1 is 1.30 bits per heavy atom. The number of methoxy groups -OCH3 is 1. The van der Waals surface area contributed by atoms with Crippen molar-refractivity contribution in [3.05, 3.63) is 52.5 Å². The van der Waals surface area contributed by atoms with Crippen molar-refractivity contribution in [3.8, 4) is 5.75 Å². The van der Waals surface area contributed by atoms with Crippen LogP contribution in [0.2, 0.25) is 5.02 Å². The van der Waals surface area contributed by atoms with Gasteiger partial charge in [-0.15, -0.1) is 0 Å². The monoisotopic (exact) mass is 290 g/mol. The second-order valence-electron chi connectivity index (χ2n) is 4.34. The van der Waals surface area contributed by atoms with E-state index in [0.29, 0.717) is 27.7 Å². The lowest BCUT2D eigenvalue weighted by molar-refractivity contribution is 0.102. The first kappa shape index (κ1) is 14.2. The number of aryl methyl sites for hydroxylation is 1. The highest BCUT2D eigenvalue weighted by Crippen LogP contribution is 2.27. The summed E-state index contributed by atoms with van der Waals surface area (Å²) < 4.78 is 5.06. The van der Waals surface area contributed by atoms with Crippen molar-refractivity contribution in [2.45, 2.75) is 6.92 Å². The van der Waals surface area contributed by atoms with Crippen LogP contribution in [-0.2, 0) is 0 Å². The Labute approximate surface area is 122 Å². The summed E-state index contributed by atoms with van der Waals surface area (Å²) >= 11 is 6.08. The first-order valence-electron chi connectivity index (χ1n) is 6.03. The second kappa shape index (κ2) is 5.84. The van der Waals surface area contributed by atoms with Gasteiger partial charge in [-0.3, -0.25) is 4.79 Å². The number of nitrogen functional groups attached to an aromatic ring is 1. The summed E-state index contributed by atoms with van der Waals surface area (Å²) in [7, 11) is 1.53. The largest absolute Gasteiger partial charge is 0.495 e. The number of ether oxygens (including phenoxy) is 1. The number of amides is 1. The van der Waals surface area contributed by atoms with Crippen LogP contribution in [0.4, 0.5) is 11.4 Å². The quantitative estimate of drug-likeness (QED) is 0.851. The molecule has 5 heteroatoms. The highest BCUT2D eigenvalue weighted by molar-refractivity contribution is 6.34. The van der Waals surface area contributed by atoms with E-state index < -0.39 is 0 Å². The molecule has 2 aromatic rings. The van der Waals surface area contributed by atoms with Crippen molar-refractivity contribution >= 4 is 28.9 Å². The molecule has 0 bridgehead atoms. The lowest BCUT2D eigenvalue weighted by Gasteiger charge is -2.11. The molecule has 0 aromatic heterocycles. The van der Waals surface area contributed by atoms with Gasteiger partial charge in [-0.2, -0.15) is 0 Å². The van der Waals surface area contributed by atoms with Crippen LogP contribution in [0.5, 0.6) is 5.75 Å². The maximum absolute atomic E-state index is 12.2. The molecule has 0 aliphatic carbocycles. The fraction of sp³-hybridized carbons (Fsp3) is 0.133. The Morgan fingerprint density at radius 2 is 2.05 bits per heavy atom. The molecule has 0 aliphatic rings. The minimum Gasteiger partial charge on any atom is -0.495 e. The molecule has 1 amide bonds. The van der Waals surface area contributed by atoms with E-state index in [1.165, 1.54) is 7.11 Å². The average Bonchev–Trinajstić information content (AvgIpc) is 2.42. The number of rotatable bonds is 3. The molecule has 0 heterocycles. The number of hydrogen-bond acceptors (Lipinski definition) is 3. The maximum atomic E-state index is 12.2. The number of nitrogens with one attached hydrogen (secondary N) is 1. The van der Waals surface area contributed by atoms with Crippen molar-refractivity contribution in [1.82, 2.24) is 0 Å². The summed E-state index contributed by atoms with van der Waals surface area (Å²) in [6.45, 7) is 1.88. The molecule has 0 spiro atoms. The van der Waals surface area contributed by atoms with E-state index in [-0.39, 0.29) is 5.91 Å². The van der Waals surface area contributed by atoms with Gasteiger partial charge < -0.3 is 15.8 Å². The van der Waals surface area contributed by atoms with E-state index in [1.54, 1.807) is 24.3 Å². The predicted molar refractivity (Wildman–Crippen MR) is 81.5 cm³/mol. The fourth-order valence-electron chi connectivity index (χ4n) is 1.85. The molecule has 2 rings (SSSR count). The molecule has 2 aromatic carbocycles. The lowest BCUT2D eigenvalue weighted by Crippen LogP contribution is -2.13. The Bertz CT molecular complexity index is 636. The number of nitrogens with two attached hydrogens (primary N) is 1. The van der Waals surface area contributed by atoms with Crippen LogP contribution in [0.3, 0.4) is 0 Å². The summed E-state index contributed by atoms with van der Waals surface area (Å²) in [5.41, 5.74) is 8.15. The molecule has 4 nitrogen and oxygen atoms in total. The third-order valence-electron chi connectivity index (χ3n) is 2.95. The van der Waals surface area contributed by atoms with E-state index >= 15 is 0 Å². The molecule has 0 radical (unpaired) electrons. The number of para-hydroxylation sites is 1. The molecule has 0 atom stereocenters. The highest BCUT2D eigenvalue weighted by Gasteiger charge is 2.12. The maximum Gasteiger partial charge on any atom is 0.255 e. The van der Waals surface area contributed by atoms with Crippen molar-refractivity contribution in [2.24, 2.45) is 0 Å². The minimum atomic E-state index is -0.268. The van der Waals surface area contributed by atoms with Crippen LogP contribution in [0.25, 0.3) is 0 Å². The van der Waals surface area contributed by atoms with Gasteiger partial charge in [0.25, 0.3) is 5.91 Å². The van der Waals surface area contributed by atoms with Gasteiger partial charge in [0, 0.05) is 5.56 Å². The van der Waals surface area contributed by atoms with E-state index in [4.69, 9.17) is 22.1 Å². The highest BCUT2D eigenvalue weighted by atomic mass is 35.5. The van der Waals surface area contributed by atoms with E-state index in [1.807, 2.05) is 19.1 Å². The van der Waals surface area contributed by atoms with Gasteiger partial charge in [-0.25, -0.2) is 0 Å². The number of carbonyl (C=O) groups is 1. The Balaban J connectivity index is 2.26. The zero-order valence-corrected chi connectivity index (χ0v) is 12.0. The minimum absolute atomic E-state index is 0.268. The zero-order chi connectivity index (χ0) is 14.7. The molecule has 3 N–H and O–H groups in total. The first-order valence-corrected chi connectivity index (χ1v) is 6.40. The summed E-state index contributed by atoms with van der Waals surface area (Å²) in [5, 5.41) is 3.29. The molecular weight excluding hydrogens is 276 g/mol. The summed E-state index contributed by atoms with van der Waals surface area (Å²) in [6.07, 6.45) is 0. The number of hydrogen-bond donors (Lipinski definition) is 2. The van der Waals surface area contributed by atoms with E-state index in [9.17, 15) is 4.79 Å². The topological polar surface area (TPSA) is 64.3 Å². The van der Waals surface area contributed by atoms with Crippen LogP contribution in [0, 0.1) is 6.92 Å². The zero-order valence-electron chi connectivity index (χ0n) is 11.2. The number of anilines is 2. The van der Waals surface area contributed by atoms with Gasteiger partial charge >= 0.3 is 0 Å². The smallest absolute Gasteiger partial charge is 0.255 e. The van der Waals surface area contributed by atoms with Crippen LogP contribution in [0.15, 0.2) is 36.4 Å². The van der Waals surface area contributed by atoms with Gasteiger partial charge in [0.05, 0.1) is 23.5 Å². The second-order valence-corrected chi connectivity index (χ2v) is 4.75. The molecule has 0 aliphatic heterocycles. The first-order chi connectivity index (χ1) is 9.52.